The largest absolute Gasteiger partial charge is 0.432 e. The SMILES string of the molecule is Fc1cc(C2CCC(C=CCl)CC2)ccc1OC(F)F. The van der Waals surface area contributed by atoms with Gasteiger partial charge in [0.1, 0.15) is 0 Å². The Morgan fingerprint density at radius 3 is 2.45 bits per heavy atom. The molecule has 0 radical (unpaired) electrons. The summed E-state index contributed by atoms with van der Waals surface area (Å²) in [5.41, 5.74) is 2.39. The summed E-state index contributed by atoms with van der Waals surface area (Å²) in [5.74, 6) is -0.381. The van der Waals surface area contributed by atoms with Crippen molar-refractivity contribution >= 4 is 11.6 Å². The molecule has 5 heteroatoms. The van der Waals surface area contributed by atoms with Crippen molar-refractivity contribution < 1.29 is 17.9 Å². The molecule has 0 aliphatic heterocycles. The highest BCUT2D eigenvalue weighted by molar-refractivity contribution is 6.25. The lowest BCUT2D eigenvalue weighted by molar-refractivity contribution is -0.0522. The van der Waals surface area contributed by atoms with E-state index in [1.165, 1.54) is 12.1 Å². The van der Waals surface area contributed by atoms with Gasteiger partial charge in [-0.15, -0.1) is 0 Å². The highest BCUT2D eigenvalue weighted by Crippen LogP contribution is 2.37. The zero-order chi connectivity index (χ0) is 14.5. The van der Waals surface area contributed by atoms with Crippen LogP contribution in [0.1, 0.15) is 37.2 Å². The van der Waals surface area contributed by atoms with Crippen molar-refractivity contribution in [3.8, 4) is 5.75 Å². The zero-order valence-corrected chi connectivity index (χ0v) is 11.6. The fraction of sp³-hybridized carbons (Fsp3) is 0.467. The topological polar surface area (TPSA) is 9.23 Å². The fourth-order valence-electron chi connectivity index (χ4n) is 2.71. The van der Waals surface area contributed by atoms with Crippen molar-refractivity contribution in [1.29, 1.82) is 0 Å². The van der Waals surface area contributed by atoms with Gasteiger partial charge in [-0.05, 0) is 55.2 Å². The second-order valence-corrected chi connectivity index (χ2v) is 5.25. The third kappa shape index (κ3) is 3.92. The molecule has 1 aromatic rings. The Bertz CT molecular complexity index is 468. The van der Waals surface area contributed by atoms with Gasteiger partial charge < -0.3 is 4.74 Å². The molecule has 1 nitrogen and oxygen atoms in total. The van der Waals surface area contributed by atoms with Gasteiger partial charge in [0.05, 0.1) is 0 Å². The molecule has 1 aliphatic rings. The van der Waals surface area contributed by atoms with E-state index < -0.39 is 18.2 Å². The number of benzene rings is 1. The van der Waals surface area contributed by atoms with E-state index in [9.17, 15) is 13.2 Å². The minimum absolute atomic E-state index is 0.269. The lowest BCUT2D eigenvalue weighted by Crippen LogP contribution is -2.12. The van der Waals surface area contributed by atoms with Gasteiger partial charge in [0.25, 0.3) is 0 Å². The monoisotopic (exact) mass is 304 g/mol. The standard InChI is InChI=1S/C15H16ClF3O/c16-8-7-10-1-3-11(4-2-10)12-5-6-14(13(17)9-12)20-15(18)19/h5-11,15H,1-4H2. The molecular weight excluding hydrogens is 289 g/mol. The first-order chi connectivity index (χ1) is 9.60. The number of alkyl halides is 2. The Morgan fingerprint density at radius 2 is 1.90 bits per heavy atom. The average Bonchev–Trinajstić information content (AvgIpc) is 2.42. The van der Waals surface area contributed by atoms with Crippen molar-refractivity contribution in [2.24, 2.45) is 5.92 Å². The van der Waals surface area contributed by atoms with Gasteiger partial charge in [0, 0.05) is 5.54 Å². The van der Waals surface area contributed by atoms with Crippen LogP contribution in [-0.4, -0.2) is 6.61 Å². The zero-order valence-electron chi connectivity index (χ0n) is 10.9. The summed E-state index contributed by atoms with van der Waals surface area (Å²) in [6.07, 6.45) is 5.88. The molecule has 110 valence electrons. The first-order valence-electron chi connectivity index (χ1n) is 6.61. The second kappa shape index (κ2) is 7.02. The Kier molecular flexibility index (Phi) is 5.35. The van der Waals surface area contributed by atoms with E-state index in [1.807, 2.05) is 6.08 Å². The number of allylic oxidation sites excluding steroid dienone is 1. The van der Waals surface area contributed by atoms with Crippen LogP contribution in [-0.2, 0) is 0 Å². The summed E-state index contributed by atoms with van der Waals surface area (Å²) in [6, 6.07) is 4.25. The average molecular weight is 305 g/mol. The van der Waals surface area contributed by atoms with Gasteiger partial charge in [-0.2, -0.15) is 8.78 Å². The third-order valence-electron chi connectivity index (χ3n) is 3.76. The molecule has 0 unspecified atom stereocenters. The summed E-state index contributed by atoms with van der Waals surface area (Å²) in [6.45, 7) is -3.01. The normalized spacial score (nSPS) is 23.4. The van der Waals surface area contributed by atoms with Crippen molar-refractivity contribution in [3.05, 3.63) is 41.2 Å². The van der Waals surface area contributed by atoms with Crippen LogP contribution in [0.3, 0.4) is 0 Å². The highest BCUT2D eigenvalue weighted by Gasteiger charge is 2.22. The first-order valence-corrected chi connectivity index (χ1v) is 7.05. The maximum atomic E-state index is 13.7. The molecule has 0 N–H and O–H groups in total. The molecule has 0 bridgehead atoms. The van der Waals surface area contributed by atoms with E-state index in [2.05, 4.69) is 4.74 Å². The van der Waals surface area contributed by atoms with Crippen molar-refractivity contribution in [2.45, 2.75) is 38.2 Å². The van der Waals surface area contributed by atoms with Gasteiger partial charge in [-0.25, -0.2) is 4.39 Å². The molecule has 1 saturated carbocycles. The van der Waals surface area contributed by atoms with Gasteiger partial charge in [0.15, 0.2) is 11.6 Å². The summed E-state index contributed by atoms with van der Waals surface area (Å²) in [5, 5.41) is 0. The molecule has 0 amide bonds. The summed E-state index contributed by atoms with van der Waals surface area (Å²) < 4.78 is 41.9. The molecule has 1 aromatic carbocycles. The van der Waals surface area contributed by atoms with Crippen LogP contribution in [0.25, 0.3) is 0 Å². The van der Waals surface area contributed by atoms with Crippen molar-refractivity contribution in [3.63, 3.8) is 0 Å². The van der Waals surface area contributed by atoms with Crippen LogP contribution in [0.5, 0.6) is 5.75 Å². The van der Waals surface area contributed by atoms with Crippen LogP contribution in [0.15, 0.2) is 29.8 Å². The molecular formula is C15H16ClF3O. The number of halogens is 4. The van der Waals surface area contributed by atoms with Gasteiger partial charge >= 0.3 is 6.61 Å². The molecule has 20 heavy (non-hydrogen) atoms. The maximum Gasteiger partial charge on any atom is 0.387 e. The van der Waals surface area contributed by atoms with Crippen LogP contribution in [0.2, 0.25) is 0 Å². The Hall–Kier alpha value is -1.16. The van der Waals surface area contributed by atoms with Crippen LogP contribution in [0.4, 0.5) is 13.2 Å². The quantitative estimate of drug-likeness (QED) is 0.718. The van der Waals surface area contributed by atoms with E-state index in [1.54, 1.807) is 11.6 Å². The number of rotatable bonds is 4. The second-order valence-electron chi connectivity index (χ2n) is 5.00. The third-order valence-corrected chi connectivity index (χ3v) is 3.91. The molecule has 0 spiro atoms. The van der Waals surface area contributed by atoms with Crippen LogP contribution < -0.4 is 4.74 Å². The summed E-state index contributed by atoms with van der Waals surface area (Å²) in [4.78, 5) is 0. The minimum atomic E-state index is -3.01. The predicted octanol–water partition coefficient (Wildman–Crippen LogP) is 5.45. The maximum absolute atomic E-state index is 13.7. The smallest absolute Gasteiger partial charge is 0.387 e. The molecule has 2 rings (SSSR count). The molecule has 0 saturated heterocycles. The van der Waals surface area contributed by atoms with Gasteiger partial charge in [-0.3, -0.25) is 0 Å². The number of hydrogen-bond donors (Lipinski definition) is 0. The molecule has 1 fully saturated rings. The summed E-state index contributed by atoms with van der Waals surface area (Å²) in [7, 11) is 0. The lowest BCUT2D eigenvalue weighted by Gasteiger charge is -2.27. The van der Waals surface area contributed by atoms with E-state index in [0.29, 0.717) is 5.92 Å². The van der Waals surface area contributed by atoms with Crippen LogP contribution in [0, 0.1) is 11.7 Å². The van der Waals surface area contributed by atoms with Gasteiger partial charge in [0.2, 0.25) is 0 Å². The van der Waals surface area contributed by atoms with Crippen LogP contribution >= 0.6 is 11.6 Å². The molecule has 0 aromatic heterocycles. The van der Waals surface area contributed by atoms with E-state index >= 15 is 0 Å². The number of hydrogen-bond acceptors (Lipinski definition) is 1. The Morgan fingerprint density at radius 1 is 1.20 bits per heavy atom. The summed E-state index contributed by atoms with van der Waals surface area (Å²) >= 11 is 5.56. The number of ether oxygens (including phenoxy) is 1. The van der Waals surface area contributed by atoms with E-state index in [0.717, 1.165) is 31.2 Å². The van der Waals surface area contributed by atoms with E-state index in [4.69, 9.17) is 11.6 Å². The van der Waals surface area contributed by atoms with E-state index in [-0.39, 0.29) is 5.92 Å². The molecule has 1 aliphatic carbocycles. The molecule has 0 heterocycles. The minimum Gasteiger partial charge on any atom is -0.432 e. The van der Waals surface area contributed by atoms with Crippen molar-refractivity contribution in [2.75, 3.05) is 0 Å². The molecule has 0 atom stereocenters. The van der Waals surface area contributed by atoms with Crippen molar-refractivity contribution in [1.82, 2.24) is 0 Å². The Labute approximate surface area is 121 Å². The lowest BCUT2D eigenvalue weighted by atomic mass is 9.79. The Balaban J connectivity index is 2.02. The predicted molar refractivity (Wildman–Crippen MR) is 72.7 cm³/mol. The first kappa shape index (κ1) is 15.2. The van der Waals surface area contributed by atoms with Gasteiger partial charge in [-0.1, -0.05) is 23.7 Å². The fourth-order valence-corrected chi connectivity index (χ4v) is 2.92. The highest BCUT2D eigenvalue weighted by atomic mass is 35.5.